The van der Waals surface area contributed by atoms with Gasteiger partial charge in [-0.25, -0.2) is 9.78 Å². The number of anilines is 1. The fourth-order valence-electron chi connectivity index (χ4n) is 2.95. The molecule has 0 atom stereocenters. The summed E-state index contributed by atoms with van der Waals surface area (Å²) < 4.78 is 1.66. The van der Waals surface area contributed by atoms with Gasteiger partial charge in [-0.1, -0.05) is 13.3 Å². The summed E-state index contributed by atoms with van der Waals surface area (Å²) >= 11 is 0. The molecule has 1 aliphatic carbocycles. The highest BCUT2D eigenvalue weighted by atomic mass is 16.4. The van der Waals surface area contributed by atoms with Gasteiger partial charge in [0, 0.05) is 19.8 Å². The van der Waals surface area contributed by atoms with Crippen molar-refractivity contribution < 1.29 is 9.90 Å². The molecule has 2 N–H and O–H groups in total. The molecule has 21 heavy (non-hydrogen) atoms. The van der Waals surface area contributed by atoms with Gasteiger partial charge in [-0.15, -0.1) is 0 Å². The van der Waals surface area contributed by atoms with Crippen LogP contribution in [-0.4, -0.2) is 32.4 Å². The van der Waals surface area contributed by atoms with Crippen LogP contribution >= 0.6 is 0 Å². The number of carbonyl (C=O) groups is 1. The first-order valence-electron chi connectivity index (χ1n) is 7.34. The van der Waals surface area contributed by atoms with Crippen molar-refractivity contribution in [3.05, 3.63) is 18.0 Å². The van der Waals surface area contributed by atoms with Gasteiger partial charge in [0.2, 0.25) is 0 Å². The summed E-state index contributed by atoms with van der Waals surface area (Å²) in [5.41, 5.74) is 1.90. The fraction of sp³-hybridized carbons (Fsp3) is 0.533. The number of hydrogen-bond donors (Lipinski definition) is 2. The van der Waals surface area contributed by atoms with Crippen molar-refractivity contribution in [2.24, 2.45) is 12.5 Å². The van der Waals surface area contributed by atoms with Crippen LogP contribution in [0.3, 0.4) is 0 Å². The van der Waals surface area contributed by atoms with Gasteiger partial charge in [0.25, 0.3) is 0 Å². The Morgan fingerprint density at radius 3 is 2.86 bits per heavy atom. The van der Waals surface area contributed by atoms with Crippen LogP contribution in [-0.2, 0) is 7.05 Å². The number of aryl methyl sites for hydroxylation is 1. The average Bonchev–Trinajstić information content (AvgIpc) is 3.12. The summed E-state index contributed by atoms with van der Waals surface area (Å²) in [6, 6.07) is 0. The summed E-state index contributed by atoms with van der Waals surface area (Å²) in [5, 5.41) is 17.7. The first-order valence-corrected chi connectivity index (χ1v) is 7.34. The number of nitrogens with zero attached hydrogens (tertiary/aromatic N) is 3. The molecule has 0 saturated heterocycles. The van der Waals surface area contributed by atoms with Gasteiger partial charge in [-0.2, -0.15) is 5.10 Å². The van der Waals surface area contributed by atoms with Crippen molar-refractivity contribution in [2.75, 3.05) is 11.9 Å². The van der Waals surface area contributed by atoms with Gasteiger partial charge < -0.3 is 10.4 Å². The number of rotatable bonds is 6. The van der Waals surface area contributed by atoms with E-state index in [2.05, 4.69) is 22.3 Å². The molecule has 2 aromatic rings. The summed E-state index contributed by atoms with van der Waals surface area (Å²) in [6.07, 6.45) is 7.87. The summed E-state index contributed by atoms with van der Waals surface area (Å²) in [7, 11) is 1.80. The average molecular weight is 288 g/mol. The van der Waals surface area contributed by atoms with E-state index in [9.17, 15) is 9.90 Å². The Bertz CT molecular complexity index is 688. The van der Waals surface area contributed by atoms with Crippen LogP contribution in [0, 0.1) is 5.41 Å². The third-order valence-electron chi connectivity index (χ3n) is 4.37. The molecule has 1 aliphatic rings. The Morgan fingerprint density at radius 1 is 1.48 bits per heavy atom. The SMILES string of the molecule is CCCC1(CNc2c(C(=O)O)cnc3c2cnn3C)CC1. The Morgan fingerprint density at radius 2 is 2.24 bits per heavy atom. The Balaban J connectivity index is 1.95. The topological polar surface area (TPSA) is 80.0 Å². The van der Waals surface area contributed by atoms with Crippen molar-refractivity contribution >= 4 is 22.7 Å². The van der Waals surface area contributed by atoms with Crippen LogP contribution in [0.2, 0.25) is 0 Å². The predicted octanol–water partition coefficient (Wildman–Crippen LogP) is 2.66. The molecule has 0 unspecified atom stereocenters. The quantitative estimate of drug-likeness (QED) is 0.854. The molecule has 112 valence electrons. The molecular formula is C15H20N4O2. The number of nitrogens with one attached hydrogen (secondary N) is 1. The molecule has 3 rings (SSSR count). The van der Waals surface area contributed by atoms with Crippen LogP contribution in [0.5, 0.6) is 0 Å². The second-order valence-electron chi connectivity index (χ2n) is 5.96. The van der Waals surface area contributed by atoms with Gasteiger partial charge in [-0.05, 0) is 24.7 Å². The maximum absolute atomic E-state index is 11.4. The lowest BCUT2D eigenvalue weighted by atomic mass is 10.0. The monoisotopic (exact) mass is 288 g/mol. The van der Waals surface area contributed by atoms with Gasteiger partial charge >= 0.3 is 5.97 Å². The van der Waals surface area contributed by atoms with E-state index in [4.69, 9.17) is 0 Å². The zero-order valence-corrected chi connectivity index (χ0v) is 12.4. The Hall–Kier alpha value is -2.11. The molecule has 6 heteroatoms. The molecule has 0 radical (unpaired) electrons. The molecule has 0 aromatic carbocycles. The zero-order chi connectivity index (χ0) is 15.0. The number of pyridine rings is 1. The minimum absolute atomic E-state index is 0.211. The highest BCUT2D eigenvalue weighted by Gasteiger charge is 2.41. The smallest absolute Gasteiger partial charge is 0.339 e. The van der Waals surface area contributed by atoms with E-state index in [1.54, 1.807) is 17.9 Å². The normalized spacial score (nSPS) is 16.1. The maximum Gasteiger partial charge on any atom is 0.339 e. The van der Waals surface area contributed by atoms with E-state index in [-0.39, 0.29) is 5.56 Å². The van der Waals surface area contributed by atoms with Crippen molar-refractivity contribution in [3.8, 4) is 0 Å². The first kappa shape index (κ1) is 13.9. The second kappa shape index (κ2) is 5.02. The molecule has 6 nitrogen and oxygen atoms in total. The molecule has 0 amide bonds. The minimum Gasteiger partial charge on any atom is -0.478 e. The number of aromatic nitrogens is 3. The number of carboxylic acid groups (broad SMARTS) is 1. The molecule has 0 bridgehead atoms. The molecule has 0 aliphatic heterocycles. The second-order valence-corrected chi connectivity index (χ2v) is 5.96. The van der Waals surface area contributed by atoms with E-state index < -0.39 is 5.97 Å². The third kappa shape index (κ3) is 2.46. The van der Waals surface area contributed by atoms with Gasteiger partial charge in [0.15, 0.2) is 5.65 Å². The van der Waals surface area contributed by atoms with Crippen LogP contribution in [0.4, 0.5) is 5.69 Å². The number of hydrogen-bond acceptors (Lipinski definition) is 4. The van der Waals surface area contributed by atoms with Gasteiger partial charge in [-0.3, -0.25) is 4.68 Å². The van der Waals surface area contributed by atoms with E-state index in [1.807, 2.05) is 0 Å². The van der Waals surface area contributed by atoms with Crippen LogP contribution in [0.1, 0.15) is 43.0 Å². The number of aromatic carboxylic acids is 1. The van der Waals surface area contributed by atoms with Gasteiger partial charge in [0.05, 0.1) is 17.3 Å². The van der Waals surface area contributed by atoms with Gasteiger partial charge in [0.1, 0.15) is 5.56 Å². The molecule has 1 fully saturated rings. The van der Waals surface area contributed by atoms with E-state index in [0.717, 1.165) is 18.4 Å². The van der Waals surface area contributed by atoms with Crippen molar-refractivity contribution in [2.45, 2.75) is 32.6 Å². The summed E-state index contributed by atoms with van der Waals surface area (Å²) in [6.45, 7) is 3.00. The maximum atomic E-state index is 11.4. The number of fused-ring (bicyclic) bond motifs is 1. The van der Waals surface area contributed by atoms with Crippen LogP contribution in [0.25, 0.3) is 11.0 Å². The largest absolute Gasteiger partial charge is 0.478 e. The fourth-order valence-corrected chi connectivity index (χ4v) is 2.95. The van der Waals surface area contributed by atoms with E-state index >= 15 is 0 Å². The zero-order valence-electron chi connectivity index (χ0n) is 12.4. The van der Waals surface area contributed by atoms with Crippen LogP contribution in [0.15, 0.2) is 12.4 Å². The molecule has 0 spiro atoms. The minimum atomic E-state index is -0.962. The van der Waals surface area contributed by atoms with Crippen molar-refractivity contribution in [1.82, 2.24) is 14.8 Å². The van der Waals surface area contributed by atoms with Crippen LogP contribution < -0.4 is 5.32 Å². The highest BCUT2D eigenvalue weighted by molar-refractivity contribution is 6.03. The third-order valence-corrected chi connectivity index (χ3v) is 4.37. The lowest BCUT2D eigenvalue weighted by Gasteiger charge is -2.17. The molecular weight excluding hydrogens is 268 g/mol. The Kier molecular flexibility index (Phi) is 3.31. The predicted molar refractivity (Wildman–Crippen MR) is 80.5 cm³/mol. The van der Waals surface area contributed by atoms with E-state index in [0.29, 0.717) is 16.7 Å². The highest BCUT2D eigenvalue weighted by Crippen LogP contribution is 2.49. The molecule has 2 aromatic heterocycles. The molecule has 2 heterocycles. The standard InChI is InChI=1S/C15H20N4O2/c1-3-4-15(5-6-15)9-17-12-10-8-18-19(2)13(10)16-7-11(12)14(20)21/h7-8H,3-6,9H2,1-2H3,(H,16,17)(H,20,21). The summed E-state index contributed by atoms with van der Waals surface area (Å²) in [5.74, 6) is -0.962. The lowest BCUT2D eigenvalue weighted by molar-refractivity contribution is 0.0697. The Labute approximate surface area is 123 Å². The first-order chi connectivity index (χ1) is 10.1. The lowest BCUT2D eigenvalue weighted by Crippen LogP contribution is -2.17. The van der Waals surface area contributed by atoms with Crippen molar-refractivity contribution in [1.29, 1.82) is 0 Å². The number of carboxylic acids is 1. The van der Waals surface area contributed by atoms with Crippen molar-refractivity contribution in [3.63, 3.8) is 0 Å². The summed E-state index contributed by atoms with van der Waals surface area (Å²) in [4.78, 5) is 15.6. The van der Waals surface area contributed by atoms with E-state index in [1.165, 1.54) is 25.5 Å². The molecule has 1 saturated carbocycles.